The lowest BCUT2D eigenvalue weighted by molar-refractivity contribution is -0.130. The summed E-state index contributed by atoms with van der Waals surface area (Å²) in [6.07, 6.45) is 7.39. The highest BCUT2D eigenvalue weighted by Gasteiger charge is 2.23. The van der Waals surface area contributed by atoms with Gasteiger partial charge in [-0.15, -0.1) is 0 Å². The Kier molecular flexibility index (Phi) is 5.86. The number of carbonyl (C=O) groups excluding carboxylic acids is 2. The molecule has 1 aliphatic heterocycles. The third-order valence-electron chi connectivity index (χ3n) is 3.94. The number of hydrogen-bond donors (Lipinski definition) is 1. The molecule has 1 aromatic heterocycles. The Morgan fingerprint density at radius 3 is 2.77 bits per heavy atom. The van der Waals surface area contributed by atoms with E-state index in [1.54, 1.807) is 0 Å². The molecule has 2 heterocycles. The van der Waals surface area contributed by atoms with Crippen molar-refractivity contribution in [1.82, 2.24) is 20.2 Å². The van der Waals surface area contributed by atoms with E-state index in [0.717, 1.165) is 19.4 Å². The highest BCUT2D eigenvalue weighted by molar-refractivity contribution is 5.93. The van der Waals surface area contributed by atoms with Gasteiger partial charge in [0.15, 0.2) is 0 Å². The quantitative estimate of drug-likeness (QED) is 0.897. The Balaban J connectivity index is 1.87. The smallest absolute Gasteiger partial charge is 0.254 e. The molecule has 22 heavy (non-hydrogen) atoms. The van der Waals surface area contributed by atoms with Crippen molar-refractivity contribution >= 4 is 11.8 Å². The zero-order valence-electron chi connectivity index (χ0n) is 13.3. The topological polar surface area (TPSA) is 75.2 Å². The molecule has 0 aliphatic carbocycles. The monoisotopic (exact) mass is 304 g/mol. The molecule has 1 unspecified atom stereocenters. The summed E-state index contributed by atoms with van der Waals surface area (Å²) in [5, 5.41) is 2.98. The number of hydrogen-bond acceptors (Lipinski definition) is 4. The van der Waals surface area contributed by atoms with Gasteiger partial charge in [-0.25, -0.2) is 9.97 Å². The van der Waals surface area contributed by atoms with Crippen molar-refractivity contribution in [2.75, 3.05) is 13.1 Å². The van der Waals surface area contributed by atoms with Crippen LogP contribution in [0.15, 0.2) is 18.7 Å². The fraction of sp³-hybridized carbons (Fsp3) is 0.625. The van der Waals surface area contributed by atoms with Gasteiger partial charge in [-0.1, -0.05) is 13.8 Å². The molecule has 1 saturated heterocycles. The average molecular weight is 304 g/mol. The van der Waals surface area contributed by atoms with Gasteiger partial charge in [0.25, 0.3) is 5.91 Å². The van der Waals surface area contributed by atoms with Gasteiger partial charge >= 0.3 is 0 Å². The molecule has 2 rings (SSSR count). The molecule has 120 valence electrons. The number of nitrogens with zero attached hydrogens (tertiary/aromatic N) is 3. The molecule has 1 atom stereocenters. The average Bonchev–Trinajstić information content (AvgIpc) is 2.68. The van der Waals surface area contributed by atoms with Crippen molar-refractivity contribution in [3.05, 3.63) is 24.3 Å². The van der Waals surface area contributed by atoms with Crippen molar-refractivity contribution in [3.8, 4) is 0 Å². The van der Waals surface area contributed by atoms with E-state index in [9.17, 15) is 9.59 Å². The molecule has 6 nitrogen and oxygen atoms in total. The summed E-state index contributed by atoms with van der Waals surface area (Å²) in [7, 11) is 0. The first-order valence-corrected chi connectivity index (χ1v) is 7.90. The van der Waals surface area contributed by atoms with Crippen molar-refractivity contribution in [1.29, 1.82) is 0 Å². The molecule has 0 aromatic carbocycles. The lowest BCUT2D eigenvalue weighted by Gasteiger charge is -2.22. The van der Waals surface area contributed by atoms with E-state index in [0.29, 0.717) is 30.9 Å². The molecule has 0 spiro atoms. The van der Waals surface area contributed by atoms with Crippen LogP contribution in [-0.2, 0) is 4.79 Å². The number of nitrogens with one attached hydrogen (secondary N) is 1. The van der Waals surface area contributed by atoms with Gasteiger partial charge in [-0.05, 0) is 25.2 Å². The van der Waals surface area contributed by atoms with E-state index >= 15 is 0 Å². The van der Waals surface area contributed by atoms with Crippen LogP contribution in [-0.4, -0.2) is 45.8 Å². The Hall–Kier alpha value is -1.98. The van der Waals surface area contributed by atoms with E-state index in [4.69, 9.17) is 0 Å². The van der Waals surface area contributed by atoms with Gasteiger partial charge in [-0.2, -0.15) is 0 Å². The van der Waals surface area contributed by atoms with Crippen LogP contribution in [0.4, 0.5) is 0 Å². The second kappa shape index (κ2) is 7.87. The van der Waals surface area contributed by atoms with E-state index < -0.39 is 0 Å². The Labute approximate surface area is 131 Å². The lowest BCUT2D eigenvalue weighted by Crippen LogP contribution is -2.36. The van der Waals surface area contributed by atoms with Crippen molar-refractivity contribution in [2.45, 2.75) is 45.6 Å². The van der Waals surface area contributed by atoms with Gasteiger partial charge in [0.05, 0.1) is 5.56 Å². The summed E-state index contributed by atoms with van der Waals surface area (Å²) in [5.74, 6) is 0.610. The fourth-order valence-corrected chi connectivity index (χ4v) is 2.52. The minimum atomic E-state index is -0.173. The Bertz CT molecular complexity index is 504. The first-order chi connectivity index (χ1) is 10.6. The molecule has 1 aromatic rings. The minimum Gasteiger partial charge on any atom is -0.349 e. The van der Waals surface area contributed by atoms with Gasteiger partial charge in [-0.3, -0.25) is 9.59 Å². The van der Waals surface area contributed by atoms with Crippen LogP contribution in [0.25, 0.3) is 0 Å². The maximum Gasteiger partial charge on any atom is 0.254 e. The number of likely N-dealkylation sites (tertiary alicyclic amines) is 1. The standard InChI is InChI=1S/C16H24N4O2/c1-12(2)5-7-20-8-6-14(3-4-15(20)21)19-16(22)13-9-17-11-18-10-13/h9-12,14H,3-8H2,1-2H3,(H,19,22). The summed E-state index contributed by atoms with van der Waals surface area (Å²) in [4.78, 5) is 33.9. The van der Waals surface area contributed by atoms with E-state index in [1.807, 2.05) is 4.90 Å². The summed E-state index contributed by atoms with van der Waals surface area (Å²) >= 11 is 0. The summed E-state index contributed by atoms with van der Waals surface area (Å²) < 4.78 is 0. The third-order valence-corrected chi connectivity index (χ3v) is 3.94. The zero-order valence-corrected chi connectivity index (χ0v) is 13.3. The fourth-order valence-electron chi connectivity index (χ4n) is 2.52. The van der Waals surface area contributed by atoms with Crippen LogP contribution < -0.4 is 5.32 Å². The molecule has 2 amide bonds. The number of carbonyl (C=O) groups is 2. The molecule has 0 bridgehead atoms. The van der Waals surface area contributed by atoms with Crippen LogP contribution >= 0.6 is 0 Å². The number of rotatable bonds is 5. The van der Waals surface area contributed by atoms with E-state index in [-0.39, 0.29) is 17.9 Å². The highest BCUT2D eigenvalue weighted by Crippen LogP contribution is 2.14. The van der Waals surface area contributed by atoms with Crippen LogP contribution in [0.5, 0.6) is 0 Å². The molecule has 0 saturated carbocycles. The lowest BCUT2D eigenvalue weighted by atomic mass is 10.1. The van der Waals surface area contributed by atoms with Crippen molar-refractivity contribution < 1.29 is 9.59 Å². The summed E-state index contributed by atoms with van der Waals surface area (Å²) in [6, 6.07) is 0.0284. The predicted molar refractivity (Wildman–Crippen MR) is 83.2 cm³/mol. The first-order valence-electron chi connectivity index (χ1n) is 7.90. The van der Waals surface area contributed by atoms with E-state index in [2.05, 4.69) is 29.1 Å². The number of aromatic nitrogens is 2. The van der Waals surface area contributed by atoms with Gasteiger partial charge in [0, 0.05) is 37.9 Å². The largest absolute Gasteiger partial charge is 0.349 e. The molecular weight excluding hydrogens is 280 g/mol. The normalized spacial score (nSPS) is 19.1. The van der Waals surface area contributed by atoms with Gasteiger partial charge in [0.2, 0.25) is 5.91 Å². The molecule has 1 N–H and O–H groups in total. The third kappa shape index (κ3) is 4.79. The van der Waals surface area contributed by atoms with Crippen LogP contribution in [0.2, 0.25) is 0 Å². The first kappa shape index (κ1) is 16.4. The van der Waals surface area contributed by atoms with Crippen molar-refractivity contribution in [2.24, 2.45) is 5.92 Å². The van der Waals surface area contributed by atoms with Gasteiger partial charge in [0.1, 0.15) is 6.33 Å². The maximum atomic E-state index is 12.1. The molecule has 1 aliphatic rings. The summed E-state index contributed by atoms with van der Waals surface area (Å²) in [6.45, 7) is 5.84. The number of amides is 2. The van der Waals surface area contributed by atoms with Gasteiger partial charge < -0.3 is 10.2 Å². The highest BCUT2D eigenvalue weighted by atomic mass is 16.2. The van der Waals surface area contributed by atoms with Crippen LogP contribution in [0, 0.1) is 5.92 Å². The summed E-state index contributed by atoms with van der Waals surface area (Å²) in [5.41, 5.74) is 0.453. The molecule has 1 fully saturated rings. The SMILES string of the molecule is CC(C)CCN1CCC(NC(=O)c2cncnc2)CCC1=O. The Morgan fingerprint density at radius 2 is 2.09 bits per heavy atom. The molecular formula is C16H24N4O2. The van der Waals surface area contributed by atoms with E-state index in [1.165, 1.54) is 18.7 Å². The molecule has 0 radical (unpaired) electrons. The van der Waals surface area contributed by atoms with Crippen molar-refractivity contribution in [3.63, 3.8) is 0 Å². The minimum absolute atomic E-state index is 0.0284. The zero-order chi connectivity index (χ0) is 15.9. The Morgan fingerprint density at radius 1 is 1.36 bits per heavy atom. The second-order valence-corrected chi connectivity index (χ2v) is 6.19. The maximum absolute atomic E-state index is 12.1. The second-order valence-electron chi connectivity index (χ2n) is 6.19. The van der Waals surface area contributed by atoms with Crippen LogP contribution in [0.3, 0.4) is 0 Å². The van der Waals surface area contributed by atoms with Crippen LogP contribution in [0.1, 0.15) is 49.9 Å². The molecule has 6 heteroatoms. The predicted octanol–water partition coefficient (Wildman–Crippen LogP) is 1.63.